The smallest absolute Gasteiger partial charge is 0.0619 e. The summed E-state index contributed by atoms with van der Waals surface area (Å²) in [6.45, 7) is 9.52. The zero-order chi connectivity index (χ0) is 39.9. The molecule has 0 spiro atoms. The predicted molar refractivity (Wildman–Crippen MR) is 250 cm³/mol. The highest BCUT2D eigenvalue weighted by Crippen LogP contribution is 2.58. The summed E-state index contributed by atoms with van der Waals surface area (Å²) in [4.78, 5) is 2.60. The fourth-order valence-corrected chi connectivity index (χ4v) is 10.2. The normalized spacial score (nSPS) is 14.0. The second kappa shape index (κ2) is 13.3. The van der Waals surface area contributed by atoms with E-state index < -0.39 is 0 Å². The Morgan fingerprint density at radius 3 is 1.56 bits per heavy atom. The Hall–Kier alpha value is -6.96. The number of hydrogen-bond donors (Lipinski definition) is 0. The number of hydrogen-bond acceptors (Lipinski definition) is 1. The van der Waals surface area contributed by atoms with Crippen LogP contribution >= 0.6 is 0 Å². The predicted octanol–water partition coefficient (Wildman–Crippen LogP) is 15.9. The summed E-state index contributed by atoms with van der Waals surface area (Å²) in [6, 6.07) is 74.6. The molecule has 0 atom stereocenters. The molecule has 0 unspecified atom stereocenters. The molecule has 0 fully saturated rings. The van der Waals surface area contributed by atoms with E-state index in [4.69, 9.17) is 0 Å². The van der Waals surface area contributed by atoms with Gasteiger partial charge in [-0.05, 0) is 108 Å². The quantitative estimate of drug-likeness (QED) is 0.163. The number of rotatable bonds is 6. The average Bonchev–Trinajstić information content (AvgIpc) is 3.66. The fourth-order valence-electron chi connectivity index (χ4n) is 10.2. The van der Waals surface area contributed by atoms with Gasteiger partial charge in [-0.1, -0.05) is 191 Å². The zero-order valence-corrected chi connectivity index (χ0v) is 34.0. The van der Waals surface area contributed by atoms with Crippen LogP contribution in [0.15, 0.2) is 200 Å². The Morgan fingerprint density at radius 2 is 0.864 bits per heavy atom. The van der Waals surface area contributed by atoms with E-state index in [-0.39, 0.29) is 10.8 Å². The van der Waals surface area contributed by atoms with Gasteiger partial charge in [-0.15, -0.1) is 0 Å². The van der Waals surface area contributed by atoms with Crippen LogP contribution in [0.5, 0.6) is 0 Å². The van der Waals surface area contributed by atoms with E-state index in [9.17, 15) is 0 Å². The molecule has 2 aliphatic carbocycles. The standard InChI is InChI=1S/C58H45N/c1-57(2)51-27-16-14-25-47(51)55-52(57)28-17-29-54(55)59(44-32-33-46-45-24-13-15-26-50(45)58(3,4)53(46)37-44)56-48(39-19-7-5-8-20-39)35-43(36-49(56)40-21-9-6-10-22-40)42-31-30-38-18-11-12-23-41(38)34-42/h5-37H,1-4H3. The van der Waals surface area contributed by atoms with Crippen molar-refractivity contribution in [2.75, 3.05) is 4.90 Å². The lowest BCUT2D eigenvalue weighted by Crippen LogP contribution is -2.18. The summed E-state index contributed by atoms with van der Waals surface area (Å²) in [5, 5.41) is 2.48. The van der Waals surface area contributed by atoms with E-state index in [0.29, 0.717) is 0 Å². The van der Waals surface area contributed by atoms with Crippen LogP contribution in [-0.4, -0.2) is 0 Å². The third kappa shape index (κ3) is 5.45. The highest BCUT2D eigenvalue weighted by Gasteiger charge is 2.40. The molecule has 9 aromatic carbocycles. The average molecular weight is 756 g/mol. The molecule has 11 rings (SSSR count). The zero-order valence-electron chi connectivity index (χ0n) is 34.0. The van der Waals surface area contributed by atoms with E-state index in [1.54, 1.807) is 0 Å². The van der Waals surface area contributed by atoms with Gasteiger partial charge in [0.25, 0.3) is 0 Å². The minimum Gasteiger partial charge on any atom is -0.309 e. The van der Waals surface area contributed by atoms with Gasteiger partial charge in [0.2, 0.25) is 0 Å². The van der Waals surface area contributed by atoms with Crippen molar-refractivity contribution in [3.8, 4) is 55.6 Å². The summed E-state index contributed by atoms with van der Waals surface area (Å²) in [6.07, 6.45) is 0. The molecule has 59 heavy (non-hydrogen) atoms. The molecule has 0 bridgehead atoms. The molecule has 1 heteroatoms. The first kappa shape index (κ1) is 35.2. The minimum atomic E-state index is -0.161. The van der Waals surface area contributed by atoms with Crippen molar-refractivity contribution in [3.05, 3.63) is 222 Å². The summed E-state index contributed by atoms with van der Waals surface area (Å²) in [5.74, 6) is 0. The van der Waals surface area contributed by atoms with Gasteiger partial charge in [0, 0.05) is 33.2 Å². The molecule has 0 saturated heterocycles. The van der Waals surface area contributed by atoms with Crippen LogP contribution in [0.4, 0.5) is 17.1 Å². The van der Waals surface area contributed by atoms with Crippen LogP contribution in [0.3, 0.4) is 0 Å². The molecule has 0 heterocycles. The molecular formula is C58H45N. The van der Waals surface area contributed by atoms with Gasteiger partial charge >= 0.3 is 0 Å². The fraction of sp³-hybridized carbons (Fsp3) is 0.103. The summed E-state index contributed by atoms with van der Waals surface area (Å²) >= 11 is 0. The molecule has 0 amide bonds. The molecule has 0 saturated carbocycles. The second-order valence-electron chi connectivity index (χ2n) is 17.3. The van der Waals surface area contributed by atoms with Crippen LogP contribution < -0.4 is 4.90 Å². The number of fused-ring (bicyclic) bond motifs is 7. The van der Waals surface area contributed by atoms with Crippen molar-refractivity contribution in [1.82, 2.24) is 0 Å². The van der Waals surface area contributed by atoms with E-state index in [1.807, 2.05) is 0 Å². The van der Waals surface area contributed by atoms with E-state index in [1.165, 1.54) is 94.3 Å². The van der Waals surface area contributed by atoms with E-state index >= 15 is 0 Å². The van der Waals surface area contributed by atoms with Crippen molar-refractivity contribution >= 4 is 27.8 Å². The largest absolute Gasteiger partial charge is 0.309 e. The maximum Gasteiger partial charge on any atom is 0.0619 e. The number of anilines is 3. The van der Waals surface area contributed by atoms with Crippen LogP contribution in [0.2, 0.25) is 0 Å². The molecule has 0 aromatic heterocycles. The highest BCUT2D eigenvalue weighted by molar-refractivity contribution is 6.04. The van der Waals surface area contributed by atoms with Gasteiger partial charge in [0.1, 0.15) is 0 Å². The molecule has 9 aromatic rings. The molecule has 0 radical (unpaired) electrons. The molecule has 0 aliphatic heterocycles. The van der Waals surface area contributed by atoms with Crippen LogP contribution in [0.1, 0.15) is 49.9 Å². The van der Waals surface area contributed by atoms with Crippen molar-refractivity contribution in [2.45, 2.75) is 38.5 Å². The van der Waals surface area contributed by atoms with Crippen molar-refractivity contribution in [2.24, 2.45) is 0 Å². The molecule has 282 valence electrons. The first-order valence-corrected chi connectivity index (χ1v) is 20.8. The molecule has 2 aliphatic rings. The van der Waals surface area contributed by atoms with Gasteiger partial charge in [-0.25, -0.2) is 0 Å². The lowest BCUT2D eigenvalue weighted by molar-refractivity contribution is 0.660. The summed E-state index contributed by atoms with van der Waals surface area (Å²) in [7, 11) is 0. The van der Waals surface area contributed by atoms with Gasteiger partial charge < -0.3 is 4.90 Å². The lowest BCUT2D eigenvalue weighted by Gasteiger charge is -2.34. The maximum absolute atomic E-state index is 2.60. The van der Waals surface area contributed by atoms with Gasteiger partial charge in [-0.3, -0.25) is 0 Å². The highest BCUT2D eigenvalue weighted by atomic mass is 15.2. The van der Waals surface area contributed by atoms with Crippen molar-refractivity contribution in [3.63, 3.8) is 0 Å². The van der Waals surface area contributed by atoms with Crippen LogP contribution in [-0.2, 0) is 10.8 Å². The Kier molecular flexibility index (Phi) is 7.94. The Bertz CT molecular complexity index is 3040. The Labute approximate surface area is 347 Å². The molecule has 0 N–H and O–H groups in total. The maximum atomic E-state index is 2.60. The number of benzene rings is 9. The second-order valence-corrected chi connectivity index (χ2v) is 17.3. The molecular weight excluding hydrogens is 711 g/mol. The lowest BCUT2D eigenvalue weighted by atomic mass is 9.82. The summed E-state index contributed by atoms with van der Waals surface area (Å²) < 4.78 is 0. The van der Waals surface area contributed by atoms with E-state index in [2.05, 4.69) is 233 Å². The van der Waals surface area contributed by atoms with Crippen LogP contribution in [0.25, 0.3) is 66.4 Å². The Morgan fingerprint density at radius 1 is 0.322 bits per heavy atom. The van der Waals surface area contributed by atoms with Gasteiger partial charge in [0.15, 0.2) is 0 Å². The van der Waals surface area contributed by atoms with Crippen molar-refractivity contribution in [1.29, 1.82) is 0 Å². The summed E-state index contributed by atoms with van der Waals surface area (Å²) in [5.41, 5.74) is 21.0. The SMILES string of the molecule is CC1(C)c2ccccc2-c2ccc(N(c3cccc4c3-c3ccccc3C4(C)C)c3c(-c4ccccc4)cc(-c4ccc5ccccc5c4)cc3-c3ccccc3)cc21. The number of nitrogens with zero attached hydrogens (tertiary/aromatic N) is 1. The van der Waals surface area contributed by atoms with Gasteiger partial charge in [-0.2, -0.15) is 0 Å². The van der Waals surface area contributed by atoms with Gasteiger partial charge in [0.05, 0.1) is 11.4 Å². The van der Waals surface area contributed by atoms with E-state index in [0.717, 1.165) is 11.4 Å². The van der Waals surface area contributed by atoms with Crippen molar-refractivity contribution < 1.29 is 0 Å². The first-order chi connectivity index (χ1) is 28.8. The third-order valence-corrected chi connectivity index (χ3v) is 13.2. The monoisotopic (exact) mass is 755 g/mol. The third-order valence-electron chi connectivity index (χ3n) is 13.2. The Balaban J connectivity index is 1.27. The minimum absolute atomic E-state index is 0.153. The first-order valence-electron chi connectivity index (χ1n) is 20.8. The topological polar surface area (TPSA) is 3.24 Å². The molecule has 1 nitrogen and oxygen atoms in total. The van der Waals surface area contributed by atoms with Crippen LogP contribution in [0, 0.1) is 0 Å².